The number of halogens is 6. The first-order valence-electron chi connectivity index (χ1n) is 8.37. The number of esters is 2. The largest absolute Gasteiger partial charge is 0.453 e. The van der Waals surface area contributed by atoms with E-state index in [2.05, 4.69) is 4.74 Å². The summed E-state index contributed by atoms with van der Waals surface area (Å²) in [7, 11) is 0. The van der Waals surface area contributed by atoms with Gasteiger partial charge in [0.15, 0.2) is 6.61 Å². The average molecular weight is 408 g/mol. The van der Waals surface area contributed by atoms with Crippen molar-refractivity contribution in [3.8, 4) is 0 Å². The highest BCUT2D eigenvalue weighted by atomic mass is 19.4. The summed E-state index contributed by atoms with van der Waals surface area (Å²) in [6.45, 7) is 9.44. The summed E-state index contributed by atoms with van der Waals surface area (Å²) in [5.41, 5.74) is -1.34. The minimum atomic E-state index is -5.82. The molecule has 0 radical (unpaired) electrons. The molecule has 1 atom stereocenters. The van der Waals surface area contributed by atoms with E-state index >= 15 is 0 Å². The number of hydrogen-bond donors (Lipinski definition) is 0. The maximum Gasteiger partial charge on any atom is 0.434 e. The van der Waals surface area contributed by atoms with Crippen LogP contribution in [0.3, 0.4) is 0 Å². The quantitative estimate of drug-likeness (QED) is 0.416. The molecule has 0 amide bonds. The van der Waals surface area contributed by atoms with Crippen molar-refractivity contribution >= 4 is 11.9 Å². The zero-order valence-electron chi connectivity index (χ0n) is 16.2. The molecule has 4 nitrogen and oxygen atoms in total. The van der Waals surface area contributed by atoms with Crippen molar-refractivity contribution in [1.82, 2.24) is 0 Å². The maximum atomic E-state index is 12.4. The van der Waals surface area contributed by atoms with Crippen LogP contribution in [0.5, 0.6) is 0 Å². The van der Waals surface area contributed by atoms with Crippen LogP contribution in [-0.4, -0.2) is 37.0 Å². The zero-order chi connectivity index (χ0) is 21.8. The molecule has 0 aromatic carbocycles. The second-order valence-corrected chi connectivity index (χ2v) is 7.80. The van der Waals surface area contributed by atoms with E-state index in [1.54, 1.807) is 20.8 Å². The molecule has 0 saturated heterocycles. The molecule has 160 valence electrons. The fourth-order valence-electron chi connectivity index (χ4n) is 2.41. The molecule has 0 fully saturated rings. The summed E-state index contributed by atoms with van der Waals surface area (Å²) >= 11 is 0. The van der Waals surface area contributed by atoms with Crippen molar-refractivity contribution in [2.24, 2.45) is 16.7 Å². The summed E-state index contributed by atoms with van der Waals surface area (Å²) < 4.78 is 82.5. The van der Waals surface area contributed by atoms with Gasteiger partial charge in [-0.15, -0.1) is 0 Å². The minimum Gasteiger partial charge on any atom is -0.453 e. The van der Waals surface area contributed by atoms with Crippen LogP contribution in [0.2, 0.25) is 0 Å². The normalized spacial score (nSPS) is 15.6. The Balaban J connectivity index is 5.12. The van der Waals surface area contributed by atoms with Crippen molar-refractivity contribution in [3.05, 3.63) is 0 Å². The Morgan fingerprint density at radius 3 is 1.70 bits per heavy atom. The van der Waals surface area contributed by atoms with Gasteiger partial charge in [0.2, 0.25) is 0 Å². The third-order valence-electron chi connectivity index (χ3n) is 4.71. The smallest absolute Gasteiger partial charge is 0.434 e. The lowest BCUT2D eigenvalue weighted by Gasteiger charge is -2.38. The Bertz CT molecular complexity index is 510. The van der Waals surface area contributed by atoms with Crippen molar-refractivity contribution < 1.29 is 45.4 Å². The van der Waals surface area contributed by atoms with Gasteiger partial charge in [0, 0.05) is 0 Å². The predicted molar refractivity (Wildman–Crippen MR) is 84.6 cm³/mol. The van der Waals surface area contributed by atoms with Crippen LogP contribution in [0.4, 0.5) is 26.3 Å². The standard InChI is InChI=1S/C17H26F6O4/c1-7-14(4,5)9-15(6,10(2)3)13(25)26-8-11(24)27-12(16(18,19)20)17(21,22)23/h10,12H,7-9H2,1-6H3. The highest BCUT2D eigenvalue weighted by molar-refractivity contribution is 5.80. The number of carbonyl (C=O) groups excluding carboxylic acids is 2. The van der Waals surface area contributed by atoms with E-state index in [4.69, 9.17) is 4.74 Å². The van der Waals surface area contributed by atoms with Crippen LogP contribution >= 0.6 is 0 Å². The molecular formula is C17H26F6O4. The number of carbonyl (C=O) groups is 2. The second kappa shape index (κ2) is 8.68. The van der Waals surface area contributed by atoms with Gasteiger partial charge in [0.05, 0.1) is 5.41 Å². The summed E-state index contributed by atoms with van der Waals surface area (Å²) in [6.07, 6.45) is -14.8. The van der Waals surface area contributed by atoms with E-state index in [1.165, 1.54) is 0 Å². The molecular weight excluding hydrogens is 382 g/mol. The van der Waals surface area contributed by atoms with Crippen LogP contribution in [-0.2, 0) is 19.1 Å². The van der Waals surface area contributed by atoms with Gasteiger partial charge in [0.25, 0.3) is 6.10 Å². The number of rotatable bonds is 8. The molecule has 0 aliphatic rings. The molecule has 0 heterocycles. The molecule has 0 bridgehead atoms. The van der Waals surface area contributed by atoms with Crippen LogP contribution < -0.4 is 0 Å². The first kappa shape index (κ1) is 25.5. The lowest BCUT2D eigenvalue weighted by atomic mass is 9.67. The van der Waals surface area contributed by atoms with Gasteiger partial charge in [-0.2, -0.15) is 26.3 Å². The Kier molecular flexibility index (Phi) is 8.21. The molecule has 0 aromatic rings. The van der Waals surface area contributed by atoms with Crippen LogP contribution in [0, 0.1) is 16.7 Å². The minimum absolute atomic E-state index is 0.245. The zero-order valence-corrected chi connectivity index (χ0v) is 16.2. The Morgan fingerprint density at radius 1 is 0.926 bits per heavy atom. The number of alkyl halides is 6. The highest BCUT2D eigenvalue weighted by Crippen LogP contribution is 2.42. The summed E-state index contributed by atoms with van der Waals surface area (Å²) in [6, 6.07) is 0. The SMILES string of the molecule is CCC(C)(C)CC(C)(C(=O)OCC(=O)OC(C(F)(F)F)C(F)(F)F)C(C)C. The lowest BCUT2D eigenvalue weighted by molar-refractivity contribution is -0.313. The van der Waals surface area contributed by atoms with Crippen LogP contribution in [0.15, 0.2) is 0 Å². The van der Waals surface area contributed by atoms with E-state index in [9.17, 15) is 35.9 Å². The molecule has 27 heavy (non-hydrogen) atoms. The van der Waals surface area contributed by atoms with Crippen molar-refractivity contribution in [3.63, 3.8) is 0 Å². The molecule has 0 spiro atoms. The van der Waals surface area contributed by atoms with Crippen molar-refractivity contribution in [2.45, 2.75) is 72.8 Å². The van der Waals surface area contributed by atoms with Gasteiger partial charge in [0.1, 0.15) is 0 Å². The molecule has 0 N–H and O–H groups in total. The summed E-state index contributed by atoms with van der Waals surface area (Å²) in [5.74, 6) is -3.06. The summed E-state index contributed by atoms with van der Waals surface area (Å²) in [4.78, 5) is 23.8. The van der Waals surface area contributed by atoms with Gasteiger partial charge in [-0.25, -0.2) is 4.79 Å². The topological polar surface area (TPSA) is 52.6 Å². The molecule has 0 aliphatic carbocycles. The highest BCUT2D eigenvalue weighted by Gasteiger charge is 2.60. The lowest BCUT2D eigenvalue weighted by Crippen LogP contribution is -2.46. The second-order valence-electron chi connectivity index (χ2n) is 7.80. The van der Waals surface area contributed by atoms with Gasteiger partial charge >= 0.3 is 24.3 Å². The molecule has 0 rings (SSSR count). The molecule has 10 heteroatoms. The third kappa shape index (κ3) is 7.57. The Hall–Kier alpha value is -1.48. The van der Waals surface area contributed by atoms with Crippen molar-refractivity contribution in [2.75, 3.05) is 6.61 Å². The summed E-state index contributed by atoms with van der Waals surface area (Å²) in [5, 5.41) is 0. The predicted octanol–water partition coefficient (Wildman–Crippen LogP) is 5.05. The third-order valence-corrected chi connectivity index (χ3v) is 4.71. The van der Waals surface area contributed by atoms with Gasteiger partial charge in [-0.05, 0) is 24.7 Å². The fraction of sp³-hybridized carbons (Fsp3) is 0.882. The fourth-order valence-corrected chi connectivity index (χ4v) is 2.41. The Labute approximate surface area is 154 Å². The Morgan fingerprint density at radius 2 is 1.37 bits per heavy atom. The van der Waals surface area contributed by atoms with Gasteiger partial charge < -0.3 is 9.47 Å². The van der Waals surface area contributed by atoms with Gasteiger partial charge in [-0.1, -0.05) is 41.0 Å². The van der Waals surface area contributed by atoms with E-state index < -0.39 is 42.4 Å². The molecule has 0 aromatic heterocycles. The van der Waals surface area contributed by atoms with E-state index in [0.717, 1.165) is 6.42 Å². The maximum absolute atomic E-state index is 12.4. The van der Waals surface area contributed by atoms with Crippen LogP contribution in [0.1, 0.15) is 54.4 Å². The number of ether oxygens (including phenoxy) is 2. The molecule has 0 saturated carbocycles. The molecule has 0 aliphatic heterocycles. The van der Waals surface area contributed by atoms with Crippen LogP contribution in [0.25, 0.3) is 0 Å². The number of hydrogen-bond acceptors (Lipinski definition) is 4. The van der Waals surface area contributed by atoms with E-state index in [-0.39, 0.29) is 11.3 Å². The van der Waals surface area contributed by atoms with E-state index in [1.807, 2.05) is 20.8 Å². The molecule has 1 unspecified atom stereocenters. The van der Waals surface area contributed by atoms with Gasteiger partial charge in [-0.3, -0.25) is 4.79 Å². The first-order chi connectivity index (χ1) is 11.9. The average Bonchev–Trinajstić information content (AvgIpc) is 2.47. The van der Waals surface area contributed by atoms with E-state index in [0.29, 0.717) is 6.42 Å². The van der Waals surface area contributed by atoms with Crippen molar-refractivity contribution in [1.29, 1.82) is 0 Å². The first-order valence-corrected chi connectivity index (χ1v) is 8.37. The monoisotopic (exact) mass is 408 g/mol.